The Hall–Kier alpha value is -6.18. The van der Waals surface area contributed by atoms with Crippen LogP contribution in [0, 0.1) is 0 Å². The lowest BCUT2D eigenvalue weighted by Gasteiger charge is -2.26. The second-order valence-corrected chi connectivity index (χ2v) is 12.3. The van der Waals surface area contributed by atoms with Crippen molar-refractivity contribution in [1.82, 2.24) is 0 Å². The topological polar surface area (TPSA) is 3.24 Å². The summed E-state index contributed by atoms with van der Waals surface area (Å²) in [7, 11) is 0. The molecule has 244 valence electrons. The molecule has 1 heteroatoms. The average molecular weight is 646 g/mol. The first-order valence-corrected chi connectivity index (χ1v) is 17.2. The number of anilines is 3. The minimum atomic E-state index is 0.994. The molecule has 0 saturated carbocycles. The zero-order valence-corrected chi connectivity index (χ0v) is 29.0. The van der Waals surface area contributed by atoms with Gasteiger partial charge >= 0.3 is 0 Å². The number of benzene rings is 3. The minimum absolute atomic E-state index is 0.994. The van der Waals surface area contributed by atoms with Gasteiger partial charge in [0.05, 0.1) is 0 Å². The Bertz CT molecular complexity index is 2120. The molecule has 0 spiro atoms. The Morgan fingerprint density at radius 1 is 0.680 bits per heavy atom. The van der Waals surface area contributed by atoms with Crippen molar-refractivity contribution in [3.05, 3.63) is 240 Å². The molecule has 0 heterocycles. The molecule has 0 radical (unpaired) electrons. The smallest absolute Gasteiger partial charge is 0.0462 e. The van der Waals surface area contributed by atoms with Crippen molar-refractivity contribution < 1.29 is 0 Å². The Morgan fingerprint density at radius 3 is 1.90 bits per heavy atom. The maximum atomic E-state index is 4.10. The number of allylic oxidation sites excluding steroid dienone is 25. The summed E-state index contributed by atoms with van der Waals surface area (Å²) >= 11 is 0. The fourth-order valence-electron chi connectivity index (χ4n) is 6.15. The lowest BCUT2D eigenvalue weighted by molar-refractivity contribution is 1.28. The molecule has 0 aliphatic heterocycles. The van der Waals surface area contributed by atoms with Gasteiger partial charge in [-0.15, -0.1) is 0 Å². The molecule has 3 aromatic rings. The third-order valence-electron chi connectivity index (χ3n) is 9.07. The number of hydrogen-bond acceptors (Lipinski definition) is 1. The molecule has 0 N–H and O–H groups in total. The molecule has 6 rings (SSSR count). The molecule has 0 aromatic heterocycles. The first-order valence-electron chi connectivity index (χ1n) is 17.2. The lowest BCUT2D eigenvalue weighted by Crippen LogP contribution is -2.10. The lowest BCUT2D eigenvalue weighted by atomic mass is 10.0. The fourth-order valence-corrected chi connectivity index (χ4v) is 6.15. The van der Waals surface area contributed by atoms with E-state index in [4.69, 9.17) is 0 Å². The van der Waals surface area contributed by atoms with Crippen LogP contribution in [0.4, 0.5) is 17.1 Å². The second kappa shape index (κ2) is 16.3. The van der Waals surface area contributed by atoms with Crippen molar-refractivity contribution in [2.75, 3.05) is 4.90 Å². The van der Waals surface area contributed by atoms with Crippen LogP contribution in [0.5, 0.6) is 0 Å². The minimum Gasteiger partial charge on any atom is -0.311 e. The van der Waals surface area contributed by atoms with E-state index in [0.29, 0.717) is 0 Å². The summed E-state index contributed by atoms with van der Waals surface area (Å²) in [6.07, 6.45) is 41.2. The van der Waals surface area contributed by atoms with E-state index in [0.717, 1.165) is 45.8 Å². The molecule has 1 nitrogen and oxygen atoms in total. The van der Waals surface area contributed by atoms with E-state index in [2.05, 4.69) is 208 Å². The molecule has 0 unspecified atom stereocenters. The van der Waals surface area contributed by atoms with Crippen molar-refractivity contribution in [2.24, 2.45) is 0 Å². The maximum Gasteiger partial charge on any atom is 0.0462 e. The van der Waals surface area contributed by atoms with Crippen LogP contribution < -0.4 is 4.90 Å². The molecule has 3 aliphatic rings. The van der Waals surface area contributed by atoms with Crippen molar-refractivity contribution in [3.8, 4) is 0 Å². The highest BCUT2D eigenvalue weighted by atomic mass is 15.1. The number of nitrogens with zero attached hydrogens (tertiary/aromatic N) is 1. The van der Waals surface area contributed by atoms with Crippen LogP contribution in [-0.2, 0) is 0 Å². The summed E-state index contributed by atoms with van der Waals surface area (Å²) in [6, 6.07) is 26.3. The highest BCUT2D eigenvalue weighted by molar-refractivity contribution is 5.82. The molecule has 0 saturated heterocycles. The first kappa shape index (κ1) is 33.7. The van der Waals surface area contributed by atoms with Crippen molar-refractivity contribution in [1.29, 1.82) is 0 Å². The van der Waals surface area contributed by atoms with Gasteiger partial charge in [0.25, 0.3) is 0 Å². The Morgan fingerprint density at radius 2 is 1.32 bits per heavy atom. The van der Waals surface area contributed by atoms with Gasteiger partial charge in [-0.2, -0.15) is 0 Å². The third-order valence-corrected chi connectivity index (χ3v) is 9.07. The van der Waals surface area contributed by atoms with E-state index in [-0.39, 0.29) is 0 Å². The largest absolute Gasteiger partial charge is 0.311 e. The van der Waals surface area contributed by atoms with Crippen LogP contribution in [0.1, 0.15) is 37.0 Å². The third kappa shape index (κ3) is 8.09. The van der Waals surface area contributed by atoms with Crippen molar-refractivity contribution in [2.45, 2.75) is 20.3 Å². The van der Waals surface area contributed by atoms with Gasteiger partial charge in [0.2, 0.25) is 0 Å². The Labute approximate surface area is 298 Å². The zero-order valence-electron chi connectivity index (χ0n) is 29.0. The second-order valence-electron chi connectivity index (χ2n) is 12.3. The molecule has 50 heavy (non-hydrogen) atoms. The normalized spacial score (nSPS) is 17.4. The van der Waals surface area contributed by atoms with Crippen LogP contribution in [0.15, 0.2) is 223 Å². The molecule has 0 bridgehead atoms. The predicted octanol–water partition coefficient (Wildman–Crippen LogP) is 13.6. The molecule has 0 atom stereocenters. The van der Waals surface area contributed by atoms with Gasteiger partial charge in [-0.05, 0) is 112 Å². The summed E-state index contributed by atoms with van der Waals surface area (Å²) in [4.78, 5) is 2.31. The Balaban J connectivity index is 1.30. The van der Waals surface area contributed by atoms with Crippen LogP contribution in [-0.4, -0.2) is 0 Å². The summed E-state index contributed by atoms with van der Waals surface area (Å²) in [5.74, 6) is 0. The van der Waals surface area contributed by atoms with Crippen molar-refractivity contribution >= 4 is 34.3 Å². The van der Waals surface area contributed by atoms with Crippen molar-refractivity contribution in [3.63, 3.8) is 0 Å². The van der Waals surface area contributed by atoms with Crippen LogP contribution >= 0.6 is 0 Å². The maximum absolute atomic E-state index is 4.10. The Kier molecular flexibility index (Phi) is 11.0. The molecular formula is C49H43N. The van der Waals surface area contributed by atoms with Gasteiger partial charge in [0.1, 0.15) is 0 Å². The quantitative estimate of drug-likeness (QED) is 0.177. The summed E-state index contributed by atoms with van der Waals surface area (Å²) in [5, 5.41) is 0. The highest BCUT2D eigenvalue weighted by Crippen LogP contribution is 2.36. The molecule has 3 aliphatic carbocycles. The SMILES string of the molecule is C=CC1=CC=C/C1=C/C=C/c1ccc(N(c2ccc(/C(C=C)=C/C=C3/C=CC=C3C)cc2)c2ccc(C(/C=C\C3=CC=CC3)=C/C)cc2)cc1. The van der Waals surface area contributed by atoms with Crippen LogP contribution in [0.3, 0.4) is 0 Å². The molecular weight excluding hydrogens is 603 g/mol. The van der Waals surface area contributed by atoms with Crippen LogP contribution in [0.25, 0.3) is 17.2 Å². The van der Waals surface area contributed by atoms with Gasteiger partial charge in [0.15, 0.2) is 0 Å². The summed E-state index contributed by atoms with van der Waals surface area (Å²) in [5.41, 5.74) is 15.1. The predicted molar refractivity (Wildman–Crippen MR) is 219 cm³/mol. The van der Waals surface area contributed by atoms with E-state index in [1.165, 1.54) is 33.4 Å². The molecule has 3 aromatic carbocycles. The number of rotatable bonds is 12. The van der Waals surface area contributed by atoms with E-state index >= 15 is 0 Å². The zero-order chi connectivity index (χ0) is 34.7. The van der Waals surface area contributed by atoms with E-state index < -0.39 is 0 Å². The summed E-state index contributed by atoms with van der Waals surface area (Å²) < 4.78 is 0. The van der Waals surface area contributed by atoms with Gasteiger partial charge in [-0.25, -0.2) is 0 Å². The summed E-state index contributed by atoms with van der Waals surface area (Å²) in [6.45, 7) is 12.3. The van der Waals surface area contributed by atoms with Gasteiger partial charge < -0.3 is 4.90 Å². The first-order chi connectivity index (χ1) is 24.6. The van der Waals surface area contributed by atoms with E-state index in [9.17, 15) is 0 Å². The monoisotopic (exact) mass is 645 g/mol. The fraction of sp³-hybridized carbons (Fsp3) is 0.0612. The molecule has 0 amide bonds. The average Bonchev–Trinajstić information content (AvgIpc) is 3.94. The molecule has 0 fully saturated rings. The van der Waals surface area contributed by atoms with Crippen LogP contribution in [0.2, 0.25) is 0 Å². The standard InChI is InChI=1S/C49H43N/c1-5-40-17-12-20-44(40)19-11-16-39-22-31-47(32-23-39)50(48-33-27-45(28-34-48)41(6-2)24-21-38-14-8-9-15-38)49-35-29-46(30-36-49)42(7-3)25-26-43-18-10-13-37(43)4/h5-14,16-36H,1,3,15H2,2,4H3/b16-11+,24-21-,41-6+,42-25+,43-26-,44-19-. The van der Waals surface area contributed by atoms with Gasteiger partial charge in [-0.3, -0.25) is 0 Å². The highest BCUT2D eigenvalue weighted by Gasteiger charge is 2.14. The van der Waals surface area contributed by atoms with E-state index in [1.807, 2.05) is 12.2 Å². The van der Waals surface area contributed by atoms with Gasteiger partial charge in [0, 0.05) is 17.1 Å². The van der Waals surface area contributed by atoms with E-state index in [1.54, 1.807) is 0 Å². The number of hydrogen-bond donors (Lipinski definition) is 0. The van der Waals surface area contributed by atoms with Gasteiger partial charge in [-0.1, -0.05) is 165 Å².